The average molecular weight is 442 g/mol. The van der Waals surface area contributed by atoms with Gasteiger partial charge in [0.15, 0.2) is 28.7 Å². The molecular weight excluding hydrogens is 410 g/mol. The van der Waals surface area contributed by atoms with Crippen LogP contribution in [0.3, 0.4) is 0 Å². The molecule has 3 heterocycles. The van der Waals surface area contributed by atoms with Gasteiger partial charge in [0, 0.05) is 36.6 Å². The Bertz CT molecular complexity index is 993. The van der Waals surface area contributed by atoms with Crippen molar-refractivity contribution in [2.75, 3.05) is 41.2 Å². The van der Waals surface area contributed by atoms with Crippen molar-refractivity contribution in [1.29, 1.82) is 0 Å². The molecule has 0 saturated carbocycles. The van der Waals surface area contributed by atoms with E-state index in [9.17, 15) is 0 Å². The Morgan fingerprint density at radius 2 is 1.50 bits per heavy atom. The molecule has 0 bridgehead atoms. The molecule has 0 aromatic heterocycles. The summed E-state index contributed by atoms with van der Waals surface area (Å²) in [7, 11) is 4.92. The summed E-state index contributed by atoms with van der Waals surface area (Å²) >= 11 is 0. The first-order valence-corrected chi connectivity index (χ1v) is 11.2. The predicted molar refractivity (Wildman–Crippen MR) is 120 cm³/mol. The summed E-state index contributed by atoms with van der Waals surface area (Å²) in [5.74, 6) is 4.37. The quantitative estimate of drug-likeness (QED) is 0.681. The third-order valence-electron chi connectivity index (χ3n) is 7.28. The molecule has 0 N–H and O–H groups in total. The summed E-state index contributed by atoms with van der Waals surface area (Å²) in [5, 5.41) is 0. The number of ether oxygens (including phenoxy) is 6. The van der Waals surface area contributed by atoms with Gasteiger partial charge in [-0.05, 0) is 43.5 Å². The number of rotatable bonds is 5. The maximum absolute atomic E-state index is 6.75. The molecule has 7 heteroatoms. The van der Waals surface area contributed by atoms with Gasteiger partial charge in [-0.25, -0.2) is 0 Å². The highest BCUT2D eigenvalue weighted by atomic mass is 16.7. The van der Waals surface area contributed by atoms with Gasteiger partial charge in [-0.15, -0.1) is 0 Å². The van der Waals surface area contributed by atoms with E-state index in [1.807, 2.05) is 18.2 Å². The van der Waals surface area contributed by atoms with Crippen molar-refractivity contribution in [2.24, 2.45) is 5.92 Å². The standard InChI is InChI=1S/C25H31NO6/c1-15-23(16-10-21(27-3)24(29-5)22(11-16)28-4)17-12-19-20(31-14-30-19)13-18(17)32-25(15,2)26-8-6-7-9-26/h10-13,15,23H,6-9,14H2,1-5H3/t15-,23+,25?/m0/s1. The van der Waals surface area contributed by atoms with Crippen LogP contribution in [0.15, 0.2) is 24.3 Å². The highest BCUT2D eigenvalue weighted by Gasteiger charge is 2.50. The Kier molecular flexibility index (Phi) is 5.24. The lowest BCUT2D eigenvalue weighted by Gasteiger charge is -2.50. The molecule has 3 aliphatic rings. The normalized spacial score (nSPS) is 26.4. The predicted octanol–water partition coefficient (Wildman–Crippen LogP) is 4.41. The molecule has 3 aliphatic heterocycles. The second-order valence-corrected chi connectivity index (χ2v) is 8.82. The fourth-order valence-corrected chi connectivity index (χ4v) is 5.43. The van der Waals surface area contributed by atoms with E-state index in [4.69, 9.17) is 28.4 Å². The zero-order valence-corrected chi connectivity index (χ0v) is 19.4. The number of benzene rings is 2. The number of hydrogen-bond acceptors (Lipinski definition) is 7. The molecule has 0 radical (unpaired) electrons. The van der Waals surface area contributed by atoms with Crippen LogP contribution in [0, 0.1) is 5.92 Å². The third kappa shape index (κ3) is 3.13. The Balaban J connectivity index is 1.70. The number of nitrogens with zero attached hydrogens (tertiary/aromatic N) is 1. The Labute approximate surface area is 189 Å². The molecule has 2 aromatic rings. The van der Waals surface area contributed by atoms with Gasteiger partial charge in [0.2, 0.25) is 12.5 Å². The Hall–Kier alpha value is -2.80. The molecule has 5 rings (SSSR count). The van der Waals surface area contributed by atoms with Gasteiger partial charge in [0.25, 0.3) is 0 Å². The summed E-state index contributed by atoms with van der Waals surface area (Å²) in [4.78, 5) is 2.47. The maximum Gasteiger partial charge on any atom is 0.231 e. The Morgan fingerprint density at radius 3 is 2.09 bits per heavy atom. The SMILES string of the molecule is COc1cc([C@@H]2c3cc4c(cc3OC(C)(N3CCCC3)[C@H]2C)OCO4)cc(OC)c1OC. The lowest BCUT2D eigenvalue weighted by molar-refractivity contribution is -0.114. The maximum atomic E-state index is 6.75. The minimum absolute atomic E-state index is 0.0348. The van der Waals surface area contributed by atoms with Gasteiger partial charge in [0.1, 0.15) is 5.75 Å². The molecule has 1 unspecified atom stereocenters. The zero-order chi connectivity index (χ0) is 22.5. The van der Waals surface area contributed by atoms with Crippen molar-refractivity contribution >= 4 is 0 Å². The fraction of sp³-hybridized carbons (Fsp3) is 0.520. The van der Waals surface area contributed by atoms with E-state index in [0.29, 0.717) is 17.2 Å². The summed E-state index contributed by atoms with van der Waals surface area (Å²) < 4.78 is 35.0. The molecule has 0 amide bonds. The lowest BCUT2D eigenvalue weighted by atomic mass is 9.73. The van der Waals surface area contributed by atoms with Crippen molar-refractivity contribution in [3.63, 3.8) is 0 Å². The van der Waals surface area contributed by atoms with E-state index in [0.717, 1.165) is 41.5 Å². The van der Waals surface area contributed by atoms with Crippen LogP contribution in [-0.4, -0.2) is 51.8 Å². The fourth-order valence-electron chi connectivity index (χ4n) is 5.43. The van der Waals surface area contributed by atoms with Crippen molar-refractivity contribution in [2.45, 2.75) is 38.3 Å². The molecular formula is C25H31NO6. The summed E-state index contributed by atoms with van der Waals surface area (Å²) in [6.45, 7) is 6.76. The second-order valence-electron chi connectivity index (χ2n) is 8.82. The number of methoxy groups -OCH3 is 3. The molecule has 1 fully saturated rings. The van der Waals surface area contributed by atoms with Crippen LogP contribution in [0.4, 0.5) is 0 Å². The zero-order valence-electron chi connectivity index (χ0n) is 19.4. The van der Waals surface area contributed by atoms with Crippen LogP contribution in [0.25, 0.3) is 0 Å². The monoisotopic (exact) mass is 441 g/mol. The number of likely N-dealkylation sites (tertiary alicyclic amines) is 1. The molecule has 2 aromatic carbocycles. The molecule has 7 nitrogen and oxygen atoms in total. The third-order valence-corrected chi connectivity index (χ3v) is 7.28. The largest absolute Gasteiger partial charge is 0.493 e. The van der Waals surface area contributed by atoms with Gasteiger partial charge in [0.05, 0.1) is 21.3 Å². The smallest absolute Gasteiger partial charge is 0.231 e. The number of hydrogen-bond donors (Lipinski definition) is 0. The van der Waals surface area contributed by atoms with E-state index >= 15 is 0 Å². The van der Waals surface area contributed by atoms with Gasteiger partial charge < -0.3 is 28.4 Å². The minimum atomic E-state index is -0.456. The Morgan fingerprint density at radius 1 is 0.875 bits per heavy atom. The van der Waals surface area contributed by atoms with Crippen LogP contribution in [0.1, 0.15) is 43.7 Å². The van der Waals surface area contributed by atoms with Crippen LogP contribution >= 0.6 is 0 Å². The molecule has 0 aliphatic carbocycles. The first kappa shape index (κ1) is 21.1. The van der Waals surface area contributed by atoms with Crippen LogP contribution < -0.4 is 28.4 Å². The first-order chi connectivity index (χ1) is 15.5. The van der Waals surface area contributed by atoms with Gasteiger partial charge >= 0.3 is 0 Å². The molecule has 32 heavy (non-hydrogen) atoms. The summed E-state index contributed by atoms with van der Waals surface area (Å²) in [6.07, 6.45) is 2.38. The van der Waals surface area contributed by atoms with E-state index in [2.05, 4.69) is 24.8 Å². The molecule has 172 valence electrons. The topological polar surface area (TPSA) is 58.6 Å². The average Bonchev–Trinajstić information content (AvgIpc) is 3.50. The van der Waals surface area contributed by atoms with Crippen molar-refractivity contribution in [3.05, 3.63) is 35.4 Å². The van der Waals surface area contributed by atoms with Crippen molar-refractivity contribution in [3.8, 4) is 34.5 Å². The molecule has 1 saturated heterocycles. The first-order valence-electron chi connectivity index (χ1n) is 11.2. The molecule has 3 atom stereocenters. The van der Waals surface area contributed by atoms with E-state index in [-0.39, 0.29) is 18.6 Å². The van der Waals surface area contributed by atoms with Gasteiger partial charge in [-0.1, -0.05) is 6.92 Å². The van der Waals surface area contributed by atoms with Gasteiger partial charge in [-0.3, -0.25) is 4.90 Å². The summed E-state index contributed by atoms with van der Waals surface area (Å²) in [5.41, 5.74) is 1.70. The van der Waals surface area contributed by atoms with Crippen molar-refractivity contribution in [1.82, 2.24) is 4.90 Å². The van der Waals surface area contributed by atoms with E-state index in [1.54, 1.807) is 21.3 Å². The number of fused-ring (bicyclic) bond motifs is 2. The highest BCUT2D eigenvalue weighted by molar-refractivity contribution is 5.60. The second kappa shape index (κ2) is 7.96. The van der Waals surface area contributed by atoms with E-state index in [1.165, 1.54) is 12.8 Å². The lowest BCUT2D eigenvalue weighted by Crippen LogP contribution is -2.57. The van der Waals surface area contributed by atoms with Crippen LogP contribution in [0.2, 0.25) is 0 Å². The van der Waals surface area contributed by atoms with E-state index < -0.39 is 5.72 Å². The van der Waals surface area contributed by atoms with Crippen LogP contribution in [-0.2, 0) is 0 Å². The van der Waals surface area contributed by atoms with Crippen LogP contribution in [0.5, 0.6) is 34.5 Å². The summed E-state index contributed by atoms with van der Waals surface area (Å²) in [6, 6.07) is 8.13. The molecule has 0 spiro atoms. The van der Waals surface area contributed by atoms with Crippen molar-refractivity contribution < 1.29 is 28.4 Å². The highest BCUT2D eigenvalue weighted by Crippen LogP contribution is 2.54. The minimum Gasteiger partial charge on any atom is -0.493 e. The van der Waals surface area contributed by atoms with Gasteiger partial charge in [-0.2, -0.15) is 0 Å².